The van der Waals surface area contributed by atoms with Gasteiger partial charge in [0.25, 0.3) is 11.5 Å². The zero-order valence-electron chi connectivity index (χ0n) is 17.3. The van der Waals surface area contributed by atoms with Gasteiger partial charge in [-0.25, -0.2) is 14.6 Å². The summed E-state index contributed by atoms with van der Waals surface area (Å²) in [7, 11) is 0. The van der Waals surface area contributed by atoms with Crippen molar-refractivity contribution in [1.29, 1.82) is 0 Å². The van der Waals surface area contributed by atoms with Crippen LogP contribution in [0.1, 0.15) is 23.5 Å². The Morgan fingerprint density at radius 3 is 2.81 bits per heavy atom. The minimum absolute atomic E-state index is 0.223. The number of nitrogens with one attached hydrogen (secondary N) is 2. The predicted molar refractivity (Wildman–Crippen MR) is 128 cm³/mol. The lowest BCUT2D eigenvalue weighted by atomic mass is 10.2. The highest BCUT2D eigenvalue weighted by Gasteiger charge is 2.18. The van der Waals surface area contributed by atoms with Gasteiger partial charge in [-0.1, -0.05) is 23.5 Å². The van der Waals surface area contributed by atoms with E-state index in [1.54, 1.807) is 22.1 Å². The van der Waals surface area contributed by atoms with Crippen LogP contribution in [0.25, 0.3) is 26.3 Å². The minimum atomic E-state index is -0.266. The number of carbonyl (C=O) groups excluding carboxylic acids is 1. The van der Waals surface area contributed by atoms with Crippen molar-refractivity contribution < 1.29 is 4.79 Å². The van der Waals surface area contributed by atoms with E-state index >= 15 is 0 Å². The molecule has 4 aromatic heterocycles. The molecule has 0 saturated heterocycles. The normalized spacial score (nSPS) is 11.3. The van der Waals surface area contributed by atoms with Crippen LogP contribution in [0.15, 0.2) is 47.7 Å². The Labute approximate surface area is 190 Å². The molecule has 0 aliphatic carbocycles. The molecule has 0 fully saturated rings. The van der Waals surface area contributed by atoms with Crippen molar-refractivity contribution in [2.24, 2.45) is 0 Å². The molecule has 0 aliphatic rings. The van der Waals surface area contributed by atoms with Gasteiger partial charge in [-0.15, -0.1) is 11.3 Å². The van der Waals surface area contributed by atoms with E-state index in [-0.39, 0.29) is 11.5 Å². The average molecular weight is 466 g/mol. The average Bonchev–Trinajstić information content (AvgIpc) is 3.49. The first-order chi connectivity index (χ1) is 15.6. The van der Waals surface area contributed by atoms with Crippen LogP contribution in [-0.2, 0) is 0 Å². The number of carbonyl (C=O) groups is 1. The van der Waals surface area contributed by atoms with Crippen LogP contribution in [0.3, 0.4) is 0 Å². The molecule has 0 atom stereocenters. The fourth-order valence-corrected chi connectivity index (χ4v) is 5.68. The molecule has 2 N–H and O–H groups in total. The number of H-pyrrole nitrogens is 1. The Balaban J connectivity index is 1.46. The van der Waals surface area contributed by atoms with E-state index in [0.717, 1.165) is 27.8 Å². The SMILES string of the molecule is CCN(CC)c1nc2sc(C(=O)Nc3ccccc3-n3ncc4c(=O)[nH]cnc43)cc2s1. The van der Waals surface area contributed by atoms with Crippen molar-refractivity contribution in [1.82, 2.24) is 24.7 Å². The number of thiazole rings is 1. The summed E-state index contributed by atoms with van der Waals surface area (Å²) in [5.74, 6) is -0.223. The third kappa shape index (κ3) is 3.45. The smallest absolute Gasteiger partial charge is 0.265 e. The quantitative estimate of drug-likeness (QED) is 0.394. The number of aromatic amines is 1. The first-order valence-corrected chi connectivity index (χ1v) is 11.7. The van der Waals surface area contributed by atoms with Crippen molar-refractivity contribution >= 4 is 60.0 Å². The number of nitrogens with zero attached hydrogens (tertiary/aromatic N) is 5. The lowest BCUT2D eigenvalue weighted by molar-refractivity contribution is 0.103. The molecule has 0 radical (unpaired) electrons. The Hall–Kier alpha value is -3.57. The molecule has 32 heavy (non-hydrogen) atoms. The molecule has 162 valence electrons. The second kappa shape index (κ2) is 8.17. The van der Waals surface area contributed by atoms with Gasteiger partial charge in [0, 0.05) is 13.1 Å². The molecule has 0 unspecified atom stereocenters. The number of hydrogen-bond donors (Lipinski definition) is 2. The number of fused-ring (bicyclic) bond motifs is 2. The summed E-state index contributed by atoms with van der Waals surface area (Å²) in [4.78, 5) is 40.1. The summed E-state index contributed by atoms with van der Waals surface area (Å²) in [6.07, 6.45) is 2.80. The number of aromatic nitrogens is 5. The number of benzene rings is 1. The highest BCUT2D eigenvalue weighted by molar-refractivity contribution is 7.29. The highest BCUT2D eigenvalue weighted by atomic mass is 32.1. The molecule has 11 heteroatoms. The monoisotopic (exact) mass is 465 g/mol. The van der Waals surface area contributed by atoms with E-state index in [0.29, 0.717) is 27.3 Å². The summed E-state index contributed by atoms with van der Waals surface area (Å²) in [5.41, 5.74) is 1.34. The fourth-order valence-electron chi connectivity index (χ4n) is 3.45. The van der Waals surface area contributed by atoms with Gasteiger partial charge in [0.05, 0.1) is 33.5 Å². The molecular formula is C21H19N7O2S2. The maximum atomic E-state index is 13.0. The van der Waals surface area contributed by atoms with Gasteiger partial charge in [0.2, 0.25) is 0 Å². The van der Waals surface area contributed by atoms with Crippen LogP contribution in [0, 0.1) is 0 Å². The summed E-state index contributed by atoms with van der Waals surface area (Å²) < 4.78 is 2.54. The van der Waals surface area contributed by atoms with Crippen molar-refractivity contribution in [3.8, 4) is 5.69 Å². The molecular weight excluding hydrogens is 446 g/mol. The fraction of sp³-hybridized carbons (Fsp3) is 0.190. The second-order valence-electron chi connectivity index (χ2n) is 6.95. The summed E-state index contributed by atoms with van der Waals surface area (Å²) in [6, 6.07) is 9.16. The largest absolute Gasteiger partial charge is 0.349 e. The van der Waals surface area contributed by atoms with E-state index in [4.69, 9.17) is 4.98 Å². The maximum Gasteiger partial charge on any atom is 0.265 e. The molecule has 0 spiro atoms. The standard InChI is InChI=1S/C21H19N7O2S2/c1-3-27(4-2)21-26-20-16(32-21)9-15(31-20)19(30)25-13-7-5-6-8-14(13)28-17-12(10-24-28)18(29)23-11-22-17/h5-11H,3-4H2,1-2H3,(H,25,30)(H,22,23,29). The molecule has 4 heterocycles. The zero-order valence-corrected chi connectivity index (χ0v) is 19.0. The van der Waals surface area contributed by atoms with Gasteiger partial charge in [0.1, 0.15) is 10.2 Å². The molecule has 0 saturated carbocycles. The predicted octanol–water partition coefficient (Wildman–Crippen LogP) is 3.88. The number of amides is 1. The Morgan fingerprint density at radius 1 is 1.22 bits per heavy atom. The van der Waals surface area contributed by atoms with E-state index in [2.05, 4.69) is 39.1 Å². The summed E-state index contributed by atoms with van der Waals surface area (Å²) >= 11 is 2.97. The second-order valence-corrected chi connectivity index (χ2v) is 8.99. The maximum absolute atomic E-state index is 13.0. The first-order valence-electron chi connectivity index (χ1n) is 10.1. The highest BCUT2D eigenvalue weighted by Crippen LogP contribution is 2.35. The topological polar surface area (TPSA) is 109 Å². The van der Waals surface area contributed by atoms with Crippen LogP contribution in [0.2, 0.25) is 0 Å². The van der Waals surface area contributed by atoms with Gasteiger partial charge in [-0.05, 0) is 32.0 Å². The van der Waals surface area contributed by atoms with Crippen LogP contribution in [0.5, 0.6) is 0 Å². The summed E-state index contributed by atoms with van der Waals surface area (Å²) in [5, 5.41) is 8.63. The molecule has 9 nitrogen and oxygen atoms in total. The molecule has 5 rings (SSSR count). The summed E-state index contributed by atoms with van der Waals surface area (Å²) in [6.45, 7) is 5.99. The van der Waals surface area contributed by atoms with E-state index in [1.807, 2.05) is 24.3 Å². The third-order valence-corrected chi connectivity index (χ3v) is 7.31. The van der Waals surface area contributed by atoms with Gasteiger partial charge < -0.3 is 15.2 Å². The van der Waals surface area contributed by atoms with Crippen LogP contribution in [0.4, 0.5) is 10.8 Å². The number of para-hydroxylation sites is 2. The van der Waals surface area contributed by atoms with Crippen molar-refractivity contribution in [3.05, 3.63) is 58.1 Å². The zero-order chi connectivity index (χ0) is 22.2. The minimum Gasteiger partial charge on any atom is -0.349 e. The molecule has 5 aromatic rings. The number of anilines is 2. The third-order valence-electron chi connectivity index (χ3n) is 5.09. The van der Waals surface area contributed by atoms with Gasteiger partial charge in [0.15, 0.2) is 10.8 Å². The van der Waals surface area contributed by atoms with Gasteiger partial charge in [-0.2, -0.15) is 5.10 Å². The Kier molecular flexibility index (Phi) is 5.19. The van der Waals surface area contributed by atoms with E-state index in [9.17, 15) is 9.59 Å². The Bertz CT molecular complexity index is 1460. The van der Waals surface area contributed by atoms with Gasteiger partial charge >= 0.3 is 0 Å². The van der Waals surface area contributed by atoms with Crippen LogP contribution >= 0.6 is 22.7 Å². The number of rotatable bonds is 6. The molecule has 1 amide bonds. The van der Waals surface area contributed by atoms with E-state index in [1.165, 1.54) is 23.9 Å². The number of hydrogen-bond acceptors (Lipinski definition) is 8. The molecule has 0 aliphatic heterocycles. The van der Waals surface area contributed by atoms with Crippen molar-refractivity contribution in [2.45, 2.75) is 13.8 Å². The van der Waals surface area contributed by atoms with Crippen LogP contribution < -0.4 is 15.8 Å². The lowest BCUT2D eigenvalue weighted by Gasteiger charge is -2.16. The lowest BCUT2D eigenvalue weighted by Crippen LogP contribution is -2.21. The first kappa shape index (κ1) is 20.3. The van der Waals surface area contributed by atoms with Gasteiger partial charge in [-0.3, -0.25) is 9.59 Å². The van der Waals surface area contributed by atoms with Crippen LogP contribution in [-0.4, -0.2) is 43.7 Å². The van der Waals surface area contributed by atoms with Crippen molar-refractivity contribution in [2.75, 3.05) is 23.3 Å². The Morgan fingerprint density at radius 2 is 2.03 bits per heavy atom. The van der Waals surface area contributed by atoms with Crippen molar-refractivity contribution in [3.63, 3.8) is 0 Å². The number of thiophene rings is 1. The molecule has 0 bridgehead atoms. The van der Waals surface area contributed by atoms with E-state index < -0.39 is 0 Å². The molecule has 1 aromatic carbocycles.